The standard InChI is InChI=1S/C19H18BrF2NO3/c1-25-17-7-11(5-6-16(17)26-19(21)22)10-23-18(24)15-9-14(15)12-3-2-4-13(20)8-12/h2-8,14-15,19H,9-10H2,1H3,(H,23,24). The molecule has 1 aliphatic rings. The Morgan fingerprint density at radius 3 is 2.77 bits per heavy atom. The van der Waals surface area contributed by atoms with E-state index >= 15 is 0 Å². The quantitative estimate of drug-likeness (QED) is 0.711. The minimum absolute atomic E-state index is 0.0122. The van der Waals surface area contributed by atoms with Crippen LogP contribution in [0, 0.1) is 5.92 Å². The highest BCUT2D eigenvalue weighted by molar-refractivity contribution is 9.10. The third-order valence-electron chi connectivity index (χ3n) is 4.31. The number of ether oxygens (including phenoxy) is 2. The van der Waals surface area contributed by atoms with Gasteiger partial charge >= 0.3 is 6.61 Å². The number of halogens is 3. The average Bonchev–Trinajstić information content (AvgIpc) is 3.41. The molecule has 2 atom stereocenters. The first-order valence-electron chi connectivity index (χ1n) is 8.13. The summed E-state index contributed by atoms with van der Waals surface area (Å²) in [5.74, 6) is 0.364. The Bertz CT molecular complexity index is 800. The zero-order valence-corrected chi connectivity index (χ0v) is 15.6. The number of rotatable bonds is 7. The van der Waals surface area contributed by atoms with E-state index in [1.165, 1.54) is 13.2 Å². The molecular formula is C19H18BrF2NO3. The smallest absolute Gasteiger partial charge is 0.387 e. The number of alkyl halides is 2. The lowest BCUT2D eigenvalue weighted by Gasteiger charge is -2.12. The molecule has 0 spiro atoms. The molecule has 7 heteroatoms. The van der Waals surface area contributed by atoms with Crippen LogP contribution in [0.4, 0.5) is 8.78 Å². The molecule has 0 heterocycles. The predicted octanol–water partition coefficient (Wildman–Crippen LogP) is 4.48. The molecular weight excluding hydrogens is 408 g/mol. The Labute approximate surface area is 158 Å². The molecule has 138 valence electrons. The summed E-state index contributed by atoms with van der Waals surface area (Å²) in [5, 5.41) is 2.89. The second kappa shape index (κ2) is 8.03. The number of carbonyl (C=O) groups is 1. The first kappa shape index (κ1) is 18.6. The second-order valence-electron chi connectivity index (χ2n) is 6.09. The maximum absolute atomic E-state index is 12.4. The first-order valence-corrected chi connectivity index (χ1v) is 8.92. The first-order chi connectivity index (χ1) is 12.5. The summed E-state index contributed by atoms with van der Waals surface area (Å²) in [6.07, 6.45) is 0.826. The van der Waals surface area contributed by atoms with Crippen molar-refractivity contribution in [1.82, 2.24) is 5.32 Å². The molecule has 4 nitrogen and oxygen atoms in total. The van der Waals surface area contributed by atoms with Crippen LogP contribution in [0.2, 0.25) is 0 Å². The Balaban J connectivity index is 1.57. The van der Waals surface area contributed by atoms with Gasteiger partial charge < -0.3 is 14.8 Å². The molecule has 3 rings (SSSR count). The Kier molecular flexibility index (Phi) is 5.76. The van der Waals surface area contributed by atoms with Crippen LogP contribution >= 0.6 is 15.9 Å². The Morgan fingerprint density at radius 1 is 1.27 bits per heavy atom. The molecule has 0 bridgehead atoms. The number of amides is 1. The molecule has 0 aliphatic heterocycles. The van der Waals surface area contributed by atoms with Crippen molar-refractivity contribution in [3.8, 4) is 11.5 Å². The molecule has 1 N–H and O–H groups in total. The number of hydrogen-bond acceptors (Lipinski definition) is 3. The molecule has 2 aromatic carbocycles. The van der Waals surface area contributed by atoms with Crippen molar-refractivity contribution in [2.45, 2.75) is 25.5 Å². The third-order valence-corrected chi connectivity index (χ3v) is 4.81. The SMILES string of the molecule is COc1cc(CNC(=O)C2CC2c2cccc(Br)c2)ccc1OC(F)F. The van der Waals surface area contributed by atoms with Crippen LogP contribution in [0.15, 0.2) is 46.9 Å². The number of benzene rings is 2. The lowest BCUT2D eigenvalue weighted by atomic mass is 10.1. The van der Waals surface area contributed by atoms with E-state index in [0.29, 0.717) is 6.54 Å². The van der Waals surface area contributed by atoms with Gasteiger partial charge in [0.1, 0.15) is 0 Å². The molecule has 2 unspecified atom stereocenters. The van der Waals surface area contributed by atoms with E-state index in [1.54, 1.807) is 12.1 Å². The van der Waals surface area contributed by atoms with E-state index in [2.05, 4.69) is 26.0 Å². The second-order valence-corrected chi connectivity index (χ2v) is 7.00. The molecule has 0 aromatic heterocycles. The van der Waals surface area contributed by atoms with E-state index in [1.807, 2.05) is 24.3 Å². The summed E-state index contributed by atoms with van der Waals surface area (Å²) < 4.78 is 35.2. The number of nitrogens with one attached hydrogen (secondary N) is 1. The van der Waals surface area contributed by atoms with Crippen LogP contribution in [0.5, 0.6) is 11.5 Å². The Hall–Kier alpha value is -2.15. The lowest BCUT2D eigenvalue weighted by Crippen LogP contribution is -2.24. The van der Waals surface area contributed by atoms with Gasteiger partial charge in [-0.05, 0) is 47.7 Å². The summed E-state index contributed by atoms with van der Waals surface area (Å²) in [7, 11) is 1.38. The van der Waals surface area contributed by atoms with Crippen LogP contribution in [0.1, 0.15) is 23.5 Å². The highest BCUT2D eigenvalue weighted by Crippen LogP contribution is 2.48. The summed E-state index contributed by atoms with van der Waals surface area (Å²) >= 11 is 3.44. The van der Waals surface area contributed by atoms with Gasteiger partial charge in [-0.15, -0.1) is 0 Å². The summed E-state index contributed by atoms with van der Waals surface area (Å²) in [6.45, 7) is -2.62. The van der Waals surface area contributed by atoms with Crippen molar-refractivity contribution in [3.05, 3.63) is 58.1 Å². The van der Waals surface area contributed by atoms with Gasteiger partial charge in [0, 0.05) is 16.9 Å². The van der Waals surface area contributed by atoms with Crippen LogP contribution in [0.25, 0.3) is 0 Å². The van der Waals surface area contributed by atoms with Gasteiger partial charge in [0.05, 0.1) is 7.11 Å². The van der Waals surface area contributed by atoms with E-state index in [-0.39, 0.29) is 29.2 Å². The number of methoxy groups -OCH3 is 1. The zero-order valence-electron chi connectivity index (χ0n) is 14.0. The minimum Gasteiger partial charge on any atom is -0.493 e. The molecule has 1 amide bonds. The molecule has 2 aromatic rings. The highest BCUT2D eigenvalue weighted by Gasteiger charge is 2.43. The van der Waals surface area contributed by atoms with Crippen molar-refractivity contribution in [1.29, 1.82) is 0 Å². The molecule has 1 fully saturated rings. The molecule has 1 aliphatic carbocycles. The fourth-order valence-electron chi connectivity index (χ4n) is 2.93. The van der Waals surface area contributed by atoms with Crippen molar-refractivity contribution < 1.29 is 23.0 Å². The lowest BCUT2D eigenvalue weighted by molar-refractivity contribution is -0.122. The van der Waals surface area contributed by atoms with Gasteiger partial charge in [-0.3, -0.25) is 4.79 Å². The van der Waals surface area contributed by atoms with Gasteiger partial charge in [-0.1, -0.05) is 34.1 Å². The maximum Gasteiger partial charge on any atom is 0.387 e. The summed E-state index contributed by atoms with van der Waals surface area (Å²) in [4.78, 5) is 12.3. The topological polar surface area (TPSA) is 47.6 Å². The highest BCUT2D eigenvalue weighted by atomic mass is 79.9. The molecule has 26 heavy (non-hydrogen) atoms. The van der Waals surface area contributed by atoms with Crippen LogP contribution in [-0.2, 0) is 11.3 Å². The van der Waals surface area contributed by atoms with Crippen molar-refractivity contribution in [3.63, 3.8) is 0 Å². The zero-order chi connectivity index (χ0) is 18.7. The van der Waals surface area contributed by atoms with Crippen molar-refractivity contribution >= 4 is 21.8 Å². The van der Waals surface area contributed by atoms with E-state index in [0.717, 1.165) is 22.0 Å². The van der Waals surface area contributed by atoms with Gasteiger partial charge in [-0.2, -0.15) is 8.78 Å². The van der Waals surface area contributed by atoms with E-state index < -0.39 is 6.61 Å². The minimum atomic E-state index is -2.92. The average molecular weight is 426 g/mol. The maximum atomic E-state index is 12.4. The normalized spacial score (nSPS) is 18.5. The van der Waals surface area contributed by atoms with Crippen molar-refractivity contribution in [2.75, 3.05) is 7.11 Å². The van der Waals surface area contributed by atoms with Crippen LogP contribution in [-0.4, -0.2) is 19.6 Å². The fourth-order valence-corrected chi connectivity index (χ4v) is 3.34. The monoisotopic (exact) mass is 425 g/mol. The number of hydrogen-bond donors (Lipinski definition) is 1. The van der Waals surface area contributed by atoms with E-state index in [9.17, 15) is 13.6 Å². The van der Waals surface area contributed by atoms with Gasteiger partial charge in [0.2, 0.25) is 5.91 Å². The predicted molar refractivity (Wildman–Crippen MR) is 96.5 cm³/mol. The van der Waals surface area contributed by atoms with Gasteiger partial charge in [-0.25, -0.2) is 0 Å². The van der Waals surface area contributed by atoms with E-state index in [4.69, 9.17) is 4.74 Å². The largest absolute Gasteiger partial charge is 0.493 e. The van der Waals surface area contributed by atoms with Gasteiger partial charge in [0.25, 0.3) is 0 Å². The summed E-state index contributed by atoms with van der Waals surface area (Å²) in [5.41, 5.74) is 1.89. The third kappa shape index (κ3) is 4.52. The summed E-state index contributed by atoms with van der Waals surface area (Å²) in [6, 6.07) is 12.6. The molecule has 0 saturated heterocycles. The number of carbonyl (C=O) groups excluding carboxylic acids is 1. The van der Waals surface area contributed by atoms with Crippen LogP contribution < -0.4 is 14.8 Å². The van der Waals surface area contributed by atoms with Gasteiger partial charge in [0.15, 0.2) is 11.5 Å². The Morgan fingerprint density at radius 2 is 2.08 bits per heavy atom. The van der Waals surface area contributed by atoms with Crippen LogP contribution in [0.3, 0.4) is 0 Å². The molecule has 1 saturated carbocycles. The van der Waals surface area contributed by atoms with Crippen molar-refractivity contribution in [2.24, 2.45) is 5.92 Å². The molecule has 0 radical (unpaired) electrons. The fraction of sp³-hybridized carbons (Fsp3) is 0.316.